The van der Waals surface area contributed by atoms with Gasteiger partial charge < -0.3 is 23.7 Å². The number of carbonyl (C=O) groups excluding carboxylic acids is 2. The molecule has 1 saturated heterocycles. The Morgan fingerprint density at radius 2 is 1.91 bits per heavy atom. The lowest BCUT2D eigenvalue weighted by Crippen LogP contribution is -2.38. The molecule has 1 aromatic carbocycles. The van der Waals surface area contributed by atoms with Crippen LogP contribution < -0.4 is 9.47 Å². The minimum Gasteiger partial charge on any atom is -0.490 e. The summed E-state index contributed by atoms with van der Waals surface area (Å²) < 4.78 is 17.1. The molecule has 2 heterocycles. The number of hydrogen-bond donors (Lipinski definition) is 0. The van der Waals surface area contributed by atoms with Gasteiger partial charge in [-0.15, -0.1) is 0 Å². The van der Waals surface area contributed by atoms with Gasteiger partial charge in [0.2, 0.25) is 0 Å². The fraction of sp³-hybridized carbons (Fsp3) is 0.520. The quantitative estimate of drug-likeness (QED) is 0.577. The van der Waals surface area contributed by atoms with Crippen LogP contribution in [0.15, 0.2) is 41.0 Å². The second-order valence-corrected chi connectivity index (χ2v) is 8.46. The largest absolute Gasteiger partial charge is 0.490 e. The summed E-state index contributed by atoms with van der Waals surface area (Å²) in [6, 6.07) is 8.99. The van der Waals surface area contributed by atoms with Crippen molar-refractivity contribution in [3.8, 4) is 11.5 Å². The SMILES string of the molecule is CCOc1cc(C(=O)N(C2CC2)C(C)c2ccco2)ccc1OCC(=O)N1CCCCC1. The van der Waals surface area contributed by atoms with Crippen molar-refractivity contribution in [3.05, 3.63) is 47.9 Å². The molecule has 0 bridgehead atoms. The molecule has 4 rings (SSSR count). The van der Waals surface area contributed by atoms with Crippen LogP contribution in [0.3, 0.4) is 0 Å². The van der Waals surface area contributed by atoms with E-state index < -0.39 is 0 Å². The number of piperidine rings is 1. The Morgan fingerprint density at radius 1 is 1.12 bits per heavy atom. The van der Waals surface area contributed by atoms with Crippen LogP contribution in [0.2, 0.25) is 0 Å². The highest BCUT2D eigenvalue weighted by atomic mass is 16.5. The van der Waals surface area contributed by atoms with E-state index >= 15 is 0 Å². The van der Waals surface area contributed by atoms with Crippen LogP contribution in [0, 0.1) is 0 Å². The fourth-order valence-electron chi connectivity index (χ4n) is 4.23. The van der Waals surface area contributed by atoms with Gasteiger partial charge in [0.25, 0.3) is 11.8 Å². The Bertz CT molecular complexity index is 916. The molecule has 2 amide bonds. The zero-order chi connectivity index (χ0) is 22.5. The number of amides is 2. The summed E-state index contributed by atoms with van der Waals surface area (Å²) >= 11 is 0. The van der Waals surface area contributed by atoms with Gasteiger partial charge in [-0.05, 0) is 76.3 Å². The molecular formula is C25H32N2O5. The summed E-state index contributed by atoms with van der Waals surface area (Å²) in [4.78, 5) is 29.6. The van der Waals surface area contributed by atoms with Crippen molar-refractivity contribution in [2.75, 3.05) is 26.3 Å². The first-order valence-corrected chi connectivity index (χ1v) is 11.6. The van der Waals surface area contributed by atoms with Gasteiger partial charge in [-0.25, -0.2) is 0 Å². The van der Waals surface area contributed by atoms with Gasteiger partial charge in [0.05, 0.1) is 18.9 Å². The van der Waals surface area contributed by atoms with E-state index in [0.717, 1.165) is 44.5 Å². The van der Waals surface area contributed by atoms with E-state index in [4.69, 9.17) is 13.9 Å². The second-order valence-electron chi connectivity index (χ2n) is 8.46. The summed E-state index contributed by atoms with van der Waals surface area (Å²) in [5.74, 6) is 1.65. The molecule has 7 heteroatoms. The first kappa shape index (κ1) is 22.2. The van der Waals surface area contributed by atoms with Crippen LogP contribution in [-0.4, -0.2) is 54.0 Å². The topological polar surface area (TPSA) is 72.2 Å². The maximum absolute atomic E-state index is 13.4. The summed E-state index contributed by atoms with van der Waals surface area (Å²) in [5, 5.41) is 0. The Labute approximate surface area is 189 Å². The van der Waals surface area contributed by atoms with Crippen molar-refractivity contribution in [3.63, 3.8) is 0 Å². The lowest BCUT2D eigenvalue weighted by atomic mass is 10.1. The van der Waals surface area contributed by atoms with Crippen molar-refractivity contribution < 1.29 is 23.5 Å². The number of likely N-dealkylation sites (tertiary alicyclic amines) is 1. The Kier molecular flexibility index (Phi) is 7.02. The molecule has 2 aliphatic rings. The molecule has 1 aliphatic carbocycles. The first-order valence-electron chi connectivity index (χ1n) is 11.6. The number of benzene rings is 1. The van der Waals surface area contributed by atoms with Crippen LogP contribution in [0.1, 0.15) is 68.1 Å². The van der Waals surface area contributed by atoms with Crippen LogP contribution in [0.5, 0.6) is 11.5 Å². The first-order chi connectivity index (χ1) is 15.6. The van der Waals surface area contributed by atoms with Gasteiger partial charge in [-0.3, -0.25) is 9.59 Å². The fourth-order valence-corrected chi connectivity index (χ4v) is 4.23. The van der Waals surface area contributed by atoms with Crippen LogP contribution in [0.25, 0.3) is 0 Å². The van der Waals surface area contributed by atoms with Crippen molar-refractivity contribution in [1.82, 2.24) is 9.80 Å². The van der Waals surface area contributed by atoms with Crippen LogP contribution in [0.4, 0.5) is 0 Å². The number of carbonyl (C=O) groups is 2. The zero-order valence-corrected chi connectivity index (χ0v) is 18.9. The molecule has 0 spiro atoms. The summed E-state index contributed by atoms with van der Waals surface area (Å²) in [5.41, 5.74) is 0.536. The predicted octanol–water partition coefficient (Wildman–Crippen LogP) is 4.44. The summed E-state index contributed by atoms with van der Waals surface area (Å²) in [6.45, 7) is 5.85. The molecular weight excluding hydrogens is 408 g/mol. The van der Waals surface area contributed by atoms with Crippen LogP contribution in [-0.2, 0) is 4.79 Å². The van der Waals surface area contributed by atoms with Gasteiger partial charge in [0.1, 0.15) is 5.76 Å². The zero-order valence-electron chi connectivity index (χ0n) is 18.9. The highest BCUT2D eigenvalue weighted by Crippen LogP contribution is 2.37. The van der Waals surface area contributed by atoms with E-state index in [0.29, 0.717) is 23.7 Å². The molecule has 1 aliphatic heterocycles. The van der Waals surface area contributed by atoms with Crippen molar-refractivity contribution in [1.29, 1.82) is 0 Å². The highest BCUT2D eigenvalue weighted by molar-refractivity contribution is 5.95. The molecule has 2 fully saturated rings. The third-order valence-electron chi connectivity index (χ3n) is 6.10. The molecule has 2 aromatic rings. The number of ether oxygens (including phenoxy) is 2. The molecule has 1 saturated carbocycles. The highest BCUT2D eigenvalue weighted by Gasteiger charge is 2.37. The third-order valence-corrected chi connectivity index (χ3v) is 6.10. The Morgan fingerprint density at radius 3 is 2.56 bits per heavy atom. The molecule has 1 unspecified atom stereocenters. The Balaban J connectivity index is 1.48. The lowest BCUT2D eigenvalue weighted by molar-refractivity contribution is -0.134. The smallest absolute Gasteiger partial charge is 0.260 e. The lowest BCUT2D eigenvalue weighted by Gasteiger charge is -2.28. The number of nitrogens with zero attached hydrogens (tertiary/aromatic N) is 2. The molecule has 7 nitrogen and oxygen atoms in total. The molecule has 172 valence electrons. The maximum atomic E-state index is 13.4. The molecule has 1 aromatic heterocycles. The average molecular weight is 441 g/mol. The average Bonchev–Trinajstić information content (AvgIpc) is 3.49. The maximum Gasteiger partial charge on any atom is 0.260 e. The minimum absolute atomic E-state index is 0.0144. The molecule has 0 radical (unpaired) electrons. The van der Waals surface area contributed by atoms with Crippen molar-refractivity contribution in [2.45, 2.75) is 58.0 Å². The standard InChI is InChI=1S/C25H32N2O5/c1-3-30-23-16-19(9-12-22(23)32-17-24(28)26-13-5-4-6-14-26)25(29)27(20-10-11-20)18(2)21-8-7-15-31-21/h7-9,12,15-16,18,20H,3-6,10-11,13-14,17H2,1-2H3. The van der Waals surface area contributed by atoms with E-state index in [9.17, 15) is 9.59 Å². The monoisotopic (exact) mass is 440 g/mol. The van der Waals surface area contributed by atoms with E-state index in [-0.39, 0.29) is 30.5 Å². The van der Waals surface area contributed by atoms with E-state index in [1.807, 2.05) is 35.8 Å². The van der Waals surface area contributed by atoms with Gasteiger partial charge in [0.15, 0.2) is 18.1 Å². The summed E-state index contributed by atoms with van der Waals surface area (Å²) in [7, 11) is 0. The summed E-state index contributed by atoms with van der Waals surface area (Å²) in [6.07, 6.45) is 6.88. The van der Waals surface area contributed by atoms with E-state index in [2.05, 4.69) is 0 Å². The number of hydrogen-bond acceptors (Lipinski definition) is 5. The van der Waals surface area contributed by atoms with Crippen molar-refractivity contribution >= 4 is 11.8 Å². The normalized spacial score (nSPS) is 17.0. The van der Waals surface area contributed by atoms with Gasteiger partial charge in [-0.2, -0.15) is 0 Å². The van der Waals surface area contributed by atoms with Gasteiger partial charge >= 0.3 is 0 Å². The third kappa shape index (κ3) is 5.09. The predicted molar refractivity (Wildman–Crippen MR) is 120 cm³/mol. The molecule has 32 heavy (non-hydrogen) atoms. The molecule has 1 atom stereocenters. The number of furan rings is 1. The van der Waals surface area contributed by atoms with E-state index in [1.54, 1.807) is 24.5 Å². The number of rotatable bonds is 9. The van der Waals surface area contributed by atoms with Crippen molar-refractivity contribution in [2.24, 2.45) is 0 Å². The van der Waals surface area contributed by atoms with E-state index in [1.165, 1.54) is 6.42 Å². The minimum atomic E-state index is -0.154. The molecule has 0 N–H and O–H groups in total. The Hall–Kier alpha value is -2.96. The van der Waals surface area contributed by atoms with Gasteiger partial charge in [0, 0.05) is 24.7 Å². The second kappa shape index (κ2) is 10.1. The van der Waals surface area contributed by atoms with Crippen LogP contribution >= 0.6 is 0 Å². The van der Waals surface area contributed by atoms with Gasteiger partial charge in [-0.1, -0.05) is 0 Å².